The summed E-state index contributed by atoms with van der Waals surface area (Å²) in [5, 5.41) is 2.92. The van der Waals surface area contributed by atoms with Crippen LogP contribution in [0.3, 0.4) is 0 Å². The van der Waals surface area contributed by atoms with Crippen molar-refractivity contribution in [2.75, 3.05) is 23.9 Å². The number of methoxy groups -OCH3 is 1. The van der Waals surface area contributed by atoms with Gasteiger partial charge in [-0.25, -0.2) is 0 Å². The first-order valence-corrected chi connectivity index (χ1v) is 9.28. The van der Waals surface area contributed by atoms with Gasteiger partial charge >= 0.3 is 0 Å². The Morgan fingerprint density at radius 2 is 1.85 bits per heavy atom. The maximum Gasteiger partial charge on any atom is 0.230 e. The molecule has 2 amide bonds. The minimum Gasteiger partial charge on any atom is -0.495 e. The molecule has 0 saturated heterocycles. The molecule has 0 aromatic heterocycles. The summed E-state index contributed by atoms with van der Waals surface area (Å²) in [7, 11) is 1.57. The normalized spacial score (nSPS) is 17.9. The molecule has 0 radical (unpaired) electrons. The number of rotatable bonds is 6. The van der Waals surface area contributed by atoms with Gasteiger partial charge in [-0.15, -0.1) is 0 Å². The van der Waals surface area contributed by atoms with Gasteiger partial charge in [0.1, 0.15) is 5.75 Å². The number of amides is 2. The number of nitrogens with one attached hydrogen (secondary N) is 1. The van der Waals surface area contributed by atoms with E-state index in [2.05, 4.69) is 5.32 Å². The first-order chi connectivity index (χ1) is 12.9. The van der Waals surface area contributed by atoms with Gasteiger partial charge < -0.3 is 15.0 Å². The smallest absolute Gasteiger partial charge is 0.230 e. The highest BCUT2D eigenvalue weighted by Gasteiger charge is 2.49. The van der Waals surface area contributed by atoms with Crippen LogP contribution >= 0.6 is 0 Å². The predicted molar refractivity (Wildman–Crippen MR) is 107 cm³/mol. The minimum atomic E-state index is -0.290. The largest absolute Gasteiger partial charge is 0.495 e. The molecule has 27 heavy (non-hydrogen) atoms. The van der Waals surface area contributed by atoms with Crippen LogP contribution in [0.4, 0.5) is 11.4 Å². The van der Waals surface area contributed by atoms with E-state index in [1.807, 2.05) is 63.2 Å². The Bertz CT molecular complexity index is 862. The van der Waals surface area contributed by atoms with Crippen LogP contribution in [0.2, 0.25) is 0 Å². The van der Waals surface area contributed by atoms with Gasteiger partial charge in [0.15, 0.2) is 0 Å². The maximum atomic E-state index is 12.9. The Morgan fingerprint density at radius 3 is 2.52 bits per heavy atom. The van der Waals surface area contributed by atoms with Crippen LogP contribution in [0.5, 0.6) is 5.75 Å². The zero-order chi connectivity index (χ0) is 19.6. The highest BCUT2D eigenvalue weighted by atomic mass is 16.5. The molecule has 2 aromatic rings. The second kappa shape index (κ2) is 7.82. The molecule has 142 valence electrons. The second-order valence-electron chi connectivity index (χ2n) is 7.06. The van der Waals surface area contributed by atoms with Crippen LogP contribution in [0.15, 0.2) is 42.5 Å². The molecule has 0 aliphatic heterocycles. The number of carbonyl (C=O) groups is 2. The number of hydrogen-bond donors (Lipinski definition) is 1. The topological polar surface area (TPSA) is 58.6 Å². The monoisotopic (exact) mass is 366 g/mol. The fourth-order valence-corrected chi connectivity index (χ4v) is 3.36. The fraction of sp³-hybridized carbons (Fsp3) is 0.364. The van der Waals surface area contributed by atoms with Crippen molar-refractivity contribution in [1.29, 1.82) is 0 Å². The lowest BCUT2D eigenvalue weighted by atomic mass is 10.1. The lowest BCUT2D eigenvalue weighted by molar-refractivity contribution is -0.123. The summed E-state index contributed by atoms with van der Waals surface area (Å²) in [6.45, 7) is 6.50. The van der Waals surface area contributed by atoms with Gasteiger partial charge in [-0.3, -0.25) is 9.59 Å². The molecule has 5 nitrogen and oxygen atoms in total. The molecule has 2 atom stereocenters. The molecule has 0 bridgehead atoms. The van der Waals surface area contributed by atoms with Crippen molar-refractivity contribution in [2.24, 2.45) is 11.8 Å². The van der Waals surface area contributed by atoms with E-state index < -0.39 is 0 Å². The Labute approximate surface area is 160 Å². The minimum absolute atomic E-state index is 0.0134. The molecule has 0 heterocycles. The first-order valence-electron chi connectivity index (χ1n) is 9.28. The number of hydrogen-bond acceptors (Lipinski definition) is 3. The van der Waals surface area contributed by atoms with Gasteiger partial charge in [0.2, 0.25) is 11.8 Å². The summed E-state index contributed by atoms with van der Waals surface area (Å²) in [5.41, 5.74) is 3.67. The Hall–Kier alpha value is -2.82. The van der Waals surface area contributed by atoms with E-state index in [9.17, 15) is 9.59 Å². The van der Waals surface area contributed by atoms with Crippen molar-refractivity contribution < 1.29 is 14.3 Å². The summed E-state index contributed by atoms with van der Waals surface area (Å²) in [4.78, 5) is 27.3. The highest BCUT2D eigenvalue weighted by Crippen LogP contribution is 2.42. The molecule has 1 N–H and O–H groups in total. The van der Waals surface area contributed by atoms with Crippen molar-refractivity contribution in [2.45, 2.75) is 27.2 Å². The molecular formula is C22H26N2O3. The van der Waals surface area contributed by atoms with Gasteiger partial charge in [-0.05, 0) is 62.6 Å². The summed E-state index contributed by atoms with van der Waals surface area (Å²) < 4.78 is 5.31. The zero-order valence-corrected chi connectivity index (χ0v) is 16.3. The number of nitrogens with zero attached hydrogens (tertiary/aromatic N) is 1. The molecule has 5 heteroatoms. The third-order valence-corrected chi connectivity index (χ3v) is 4.95. The summed E-state index contributed by atoms with van der Waals surface area (Å²) >= 11 is 0. The van der Waals surface area contributed by atoms with Gasteiger partial charge in [0, 0.05) is 12.2 Å². The number of benzene rings is 2. The average Bonchev–Trinajstić information content (AvgIpc) is 3.43. The zero-order valence-electron chi connectivity index (χ0n) is 16.3. The third-order valence-electron chi connectivity index (χ3n) is 4.95. The number of ether oxygens (including phenoxy) is 1. The lowest BCUT2D eigenvalue weighted by Gasteiger charge is -2.21. The number of anilines is 2. The maximum absolute atomic E-state index is 12.9. The van der Waals surface area contributed by atoms with E-state index in [-0.39, 0.29) is 23.7 Å². The van der Waals surface area contributed by atoms with Crippen LogP contribution in [0.1, 0.15) is 24.5 Å². The summed E-state index contributed by atoms with van der Waals surface area (Å²) in [6, 6.07) is 13.5. The van der Waals surface area contributed by atoms with Crippen molar-refractivity contribution in [3.63, 3.8) is 0 Å². The standard InChI is InChI=1S/C22H26N2O3/c1-5-24(16-8-6-7-14(2)11-16)22(26)18-13-17(18)21(25)23-19-12-15(3)9-10-20(19)27-4/h6-12,17-18H,5,13H2,1-4H3,(H,23,25). The molecule has 1 aliphatic carbocycles. The number of carbonyl (C=O) groups excluding carboxylic acids is 2. The van der Waals surface area contributed by atoms with Crippen LogP contribution < -0.4 is 15.0 Å². The molecular weight excluding hydrogens is 340 g/mol. The molecule has 2 unspecified atom stereocenters. The Balaban J connectivity index is 1.68. The predicted octanol–water partition coefficient (Wildman–Crippen LogP) is 3.94. The van der Waals surface area contributed by atoms with Crippen molar-refractivity contribution in [3.05, 3.63) is 53.6 Å². The van der Waals surface area contributed by atoms with E-state index >= 15 is 0 Å². The van der Waals surface area contributed by atoms with E-state index in [1.54, 1.807) is 12.0 Å². The molecule has 0 spiro atoms. The third kappa shape index (κ3) is 4.13. The molecule has 1 saturated carbocycles. The van der Waals surface area contributed by atoms with Crippen molar-refractivity contribution >= 4 is 23.2 Å². The van der Waals surface area contributed by atoms with Crippen molar-refractivity contribution in [3.8, 4) is 5.75 Å². The van der Waals surface area contributed by atoms with E-state index in [1.165, 1.54) is 0 Å². The van der Waals surface area contributed by atoms with E-state index in [0.717, 1.165) is 16.8 Å². The molecule has 1 fully saturated rings. The van der Waals surface area contributed by atoms with Crippen LogP contribution in [-0.4, -0.2) is 25.5 Å². The lowest BCUT2D eigenvalue weighted by Crippen LogP contribution is -2.33. The summed E-state index contributed by atoms with van der Waals surface area (Å²) in [5.74, 6) is -0.0488. The summed E-state index contributed by atoms with van der Waals surface area (Å²) in [6.07, 6.45) is 0.584. The van der Waals surface area contributed by atoms with Crippen molar-refractivity contribution in [1.82, 2.24) is 0 Å². The number of aryl methyl sites for hydroxylation is 2. The SMILES string of the molecule is CCN(C(=O)C1CC1C(=O)Nc1cc(C)ccc1OC)c1cccc(C)c1. The fourth-order valence-electron chi connectivity index (χ4n) is 3.36. The Morgan fingerprint density at radius 1 is 1.11 bits per heavy atom. The van der Waals surface area contributed by atoms with Gasteiger partial charge in [-0.1, -0.05) is 18.2 Å². The van der Waals surface area contributed by atoms with Gasteiger partial charge in [-0.2, -0.15) is 0 Å². The second-order valence-corrected chi connectivity index (χ2v) is 7.06. The van der Waals surface area contributed by atoms with E-state index in [0.29, 0.717) is 24.4 Å². The van der Waals surface area contributed by atoms with Crippen LogP contribution in [0.25, 0.3) is 0 Å². The molecule has 1 aliphatic rings. The molecule has 3 rings (SSSR count). The first kappa shape index (κ1) is 19.0. The average molecular weight is 366 g/mol. The van der Waals surface area contributed by atoms with Gasteiger partial charge in [0.25, 0.3) is 0 Å². The quantitative estimate of drug-likeness (QED) is 0.842. The van der Waals surface area contributed by atoms with Gasteiger partial charge in [0.05, 0.1) is 24.6 Å². The van der Waals surface area contributed by atoms with E-state index in [4.69, 9.17) is 4.74 Å². The van der Waals surface area contributed by atoms with Crippen LogP contribution in [-0.2, 0) is 9.59 Å². The Kier molecular flexibility index (Phi) is 5.49. The van der Waals surface area contributed by atoms with Crippen LogP contribution in [0, 0.1) is 25.7 Å². The molecule has 2 aromatic carbocycles. The highest BCUT2D eigenvalue weighted by molar-refractivity contribution is 6.04.